The van der Waals surface area contributed by atoms with Crippen molar-refractivity contribution in [2.75, 3.05) is 0 Å². The van der Waals surface area contributed by atoms with E-state index in [-0.39, 0.29) is 0 Å². The van der Waals surface area contributed by atoms with Crippen molar-refractivity contribution >= 4 is 53.3 Å². The van der Waals surface area contributed by atoms with Crippen molar-refractivity contribution in [1.29, 1.82) is 0 Å². The molecule has 1 aliphatic rings. The lowest BCUT2D eigenvalue weighted by molar-refractivity contribution is 0.768. The van der Waals surface area contributed by atoms with Gasteiger partial charge in [-0.05, 0) is 63.7 Å². The maximum absolute atomic E-state index is 2.45. The highest BCUT2D eigenvalue weighted by Crippen LogP contribution is 2.56. The van der Waals surface area contributed by atoms with E-state index in [0.29, 0.717) is 0 Å². The second-order valence-electron chi connectivity index (χ2n) is 12.0. The first-order valence-electron chi connectivity index (χ1n) is 15.5. The fraction of sp³-hybridized carbons (Fsp3) is 0.0233. The molecule has 0 amide bonds. The molecule has 0 unspecified atom stereocenters. The maximum atomic E-state index is 2.45. The smallest absolute Gasteiger partial charge is 0.0713 e. The van der Waals surface area contributed by atoms with Gasteiger partial charge in [-0.25, -0.2) is 0 Å². The number of para-hydroxylation sites is 1. The Balaban J connectivity index is 1.23. The molecule has 2 aromatic heterocycles. The average molecular weight is 590 g/mol. The minimum atomic E-state index is -0.392. The molecule has 10 rings (SSSR count). The number of hydrogen-bond donors (Lipinski definition) is 0. The van der Waals surface area contributed by atoms with Crippen LogP contribution >= 0.6 is 11.3 Å². The first-order chi connectivity index (χ1) is 22.3. The molecule has 45 heavy (non-hydrogen) atoms. The molecule has 2 heterocycles. The van der Waals surface area contributed by atoms with Gasteiger partial charge >= 0.3 is 0 Å². The summed E-state index contributed by atoms with van der Waals surface area (Å²) >= 11 is 1.90. The largest absolute Gasteiger partial charge is 0.309 e. The fourth-order valence-corrected chi connectivity index (χ4v) is 9.34. The molecule has 0 fully saturated rings. The molecule has 2 heteroatoms. The Morgan fingerprint density at radius 2 is 1.02 bits per heavy atom. The third-order valence-electron chi connectivity index (χ3n) is 9.90. The van der Waals surface area contributed by atoms with Crippen molar-refractivity contribution < 1.29 is 0 Å². The molecule has 0 N–H and O–H groups in total. The summed E-state index contributed by atoms with van der Waals surface area (Å²) in [7, 11) is 0. The van der Waals surface area contributed by atoms with E-state index in [0.717, 1.165) is 0 Å². The molecule has 0 saturated carbocycles. The molecule has 0 saturated heterocycles. The Morgan fingerprint density at radius 1 is 0.422 bits per heavy atom. The van der Waals surface area contributed by atoms with Crippen molar-refractivity contribution in [2.45, 2.75) is 5.41 Å². The van der Waals surface area contributed by atoms with Gasteiger partial charge in [0.05, 0.1) is 16.4 Å². The van der Waals surface area contributed by atoms with Gasteiger partial charge in [-0.3, -0.25) is 0 Å². The minimum Gasteiger partial charge on any atom is -0.309 e. The van der Waals surface area contributed by atoms with E-state index in [2.05, 4.69) is 168 Å². The number of fused-ring (bicyclic) bond motifs is 10. The van der Waals surface area contributed by atoms with Crippen LogP contribution in [0.1, 0.15) is 22.3 Å². The van der Waals surface area contributed by atoms with Gasteiger partial charge in [0, 0.05) is 36.6 Å². The Hall–Kier alpha value is -5.44. The predicted octanol–water partition coefficient (Wildman–Crippen LogP) is 11.5. The zero-order valence-electron chi connectivity index (χ0n) is 24.4. The summed E-state index contributed by atoms with van der Waals surface area (Å²) in [5.74, 6) is 0. The number of aromatic nitrogens is 1. The Morgan fingerprint density at radius 3 is 1.78 bits per heavy atom. The van der Waals surface area contributed by atoms with Crippen LogP contribution in [0.4, 0.5) is 0 Å². The van der Waals surface area contributed by atoms with Crippen LogP contribution in [0.5, 0.6) is 0 Å². The van der Waals surface area contributed by atoms with Gasteiger partial charge in [-0.1, -0.05) is 133 Å². The molecule has 0 aliphatic heterocycles. The summed E-state index contributed by atoms with van der Waals surface area (Å²) in [5, 5.41) is 5.31. The van der Waals surface area contributed by atoms with E-state index >= 15 is 0 Å². The van der Waals surface area contributed by atoms with Crippen molar-refractivity contribution in [3.05, 3.63) is 186 Å². The highest BCUT2D eigenvalue weighted by Gasteiger charge is 2.45. The molecule has 0 radical (unpaired) electrons. The van der Waals surface area contributed by atoms with E-state index in [4.69, 9.17) is 0 Å². The monoisotopic (exact) mass is 589 g/mol. The zero-order valence-corrected chi connectivity index (χ0v) is 25.3. The zero-order chi connectivity index (χ0) is 29.5. The number of benzene rings is 7. The SMILES string of the molecule is c1ccc(C2(c3ccc(-n4c5ccccc5c5c6sc7ccccc7c6ccc54)cc3)c3ccccc3-c3ccccc32)cc1. The summed E-state index contributed by atoms with van der Waals surface area (Å²) in [6.07, 6.45) is 0. The molecule has 0 spiro atoms. The molecule has 7 aromatic carbocycles. The van der Waals surface area contributed by atoms with Crippen LogP contribution in [0.25, 0.3) is 58.8 Å². The first kappa shape index (κ1) is 24.9. The van der Waals surface area contributed by atoms with Crippen LogP contribution in [-0.4, -0.2) is 4.57 Å². The molecular weight excluding hydrogens is 563 g/mol. The molecule has 9 aromatic rings. The Bertz CT molecular complexity index is 2540. The third kappa shape index (κ3) is 3.27. The molecule has 0 bridgehead atoms. The van der Waals surface area contributed by atoms with E-state index in [1.165, 1.54) is 81.0 Å². The van der Waals surface area contributed by atoms with Crippen LogP contribution in [-0.2, 0) is 5.41 Å². The Kier molecular flexibility index (Phi) is 5.14. The van der Waals surface area contributed by atoms with Crippen LogP contribution < -0.4 is 0 Å². The molecular formula is C43H27NS. The normalized spacial score (nSPS) is 13.5. The topological polar surface area (TPSA) is 4.93 Å². The minimum absolute atomic E-state index is 0.392. The van der Waals surface area contributed by atoms with Gasteiger partial charge in [0.15, 0.2) is 0 Å². The van der Waals surface area contributed by atoms with Gasteiger partial charge in [0.2, 0.25) is 0 Å². The van der Waals surface area contributed by atoms with Crippen LogP contribution in [0, 0.1) is 0 Å². The average Bonchev–Trinajstić information content (AvgIpc) is 3.75. The number of nitrogens with zero attached hydrogens (tertiary/aromatic N) is 1. The predicted molar refractivity (Wildman–Crippen MR) is 191 cm³/mol. The number of thiophene rings is 1. The third-order valence-corrected chi connectivity index (χ3v) is 11.1. The number of rotatable bonds is 3. The van der Waals surface area contributed by atoms with Crippen molar-refractivity contribution in [1.82, 2.24) is 4.57 Å². The second kappa shape index (κ2) is 9.28. The van der Waals surface area contributed by atoms with Crippen LogP contribution in [0.2, 0.25) is 0 Å². The Labute approximate surface area is 265 Å². The molecule has 210 valence electrons. The van der Waals surface area contributed by atoms with Crippen molar-refractivity contribution in [3.63, 3.8) is 0 Å². The second-order valence-corrected chi connectivity index (χ2v) is 13.1. The van der Waals surface area contributed by atoms with E-state index in [1.54, 1.807) is 0 Å². The fourth-order valence-electron chi connectivity index (χ4n) is 8.09. The quantitative estimate of drug-likeness (QED) is 0.193. The van der Waals surface area contributed by atoms with Crippen LogP contribution in [0.15, 0.2) is 164 Å². The van der Waals surface area contributed by atoms with Gasteiger partial charge in [0.1, 0.15) is 0 Å². The summed E-state index contributed by atoms with van der Waals surface area (Å²) < 4.78 is 5.15. The van der Waals surface area contributed by atoms with Gasteiger partial charge in [-0.15, -0.1) is 11.3 Å². The number of hydrogen-bond acceptors (Lipinski definition) is 1. The van der Waals surface area contributed by atoms with Gasteiger partial charge in [0.25, 0.3) is 0 Å². The molecule has 1 aliphatic carbocycles. The maximum Gasteiger partial charge on any atom is 0.0713 e. The van der Waals surface area contributed by atoms with Crippen molar-refractivity contribution in [3.8, 4) is 16.8 Å². The lowest BCUT2D eigenvalue weighted by Crippen LogP contribution is -2.28. The molecule has 1 nitrogen and oxygen atoms in total. The molecule has 0 atom stereocenters. The van der Waals surface area contributed by atoms with E-state index in [9.17, 15) is 0 Å². The highest BCUT2D eigenvalue weighted by atomic mass is 32.1. The summed E-state index contributed by atoms with van der Waals surface area (Å²) in [6, 6.07) is 60.6. The highest BCUT2D eigenvalue weighted by molar-refractivity contribution is 7.26. The van der Waals surface area contributed by atoms with Crippen molar-refractivity contribution in [2.24, 2.45) is 0 Å². The summed E-state index contributed by atoms with van der Waals surface area (Å²) in [4.78, 5) is 0. The standard InChI is InChI=1S/C43H27NS/c1-2-12-28(13-3-1)43(36-18-8-4-14-31(36)32-15-5-9-19-37(32)43)29-22-24-30(25-23-29)44-38-20-10-6-17-35(38)41-39(44)27-26-34-33-16-7-11-21-40(33)45-42(34)41/h1-27H. The summed E-state index contributed by atoms with van der Waals surface area (Å²) in [5.41, 5.74) is 11.2. The van der Waals surface area contributed by atoms with E-state index < -0.39 is 5.41 Å². The summed E-state index contributed by atoms with van der Waals surface area (Å²) in [6.45, 7) is 0. The van der Waals surface area contributed by atoms with Gasteiger partial charge in [-0.2, -0.15) is 0 Å². The van der Waals surface area contributed by atoms with E-state index in [1.807, 2.05) is 11.3 Å². The lowest BCUT2D eigenvalue weighted by atomic mass is 9.68. The first-order valence-corrected chi connectivity index (χ1v) is 16.3. The van der Waals surface area contributed by atoms with Crippen LogP contribution in [0.3, 0.4) is 0 Å². The lowest BCUT2D eigenvalue weighted by Gasteiger charge is -2.34. The van der Waals surface area contributed by atoms with Gasteiger partial charge < -0.3 is 4.57 Å².